The fourth-order valence-electron chi connectivity index (χ4n) is 4.00. The van der Waals surface area contributed by atoms with Gasteiger partial charge < -0.3 is 15.0 Å². The van der Waals surface area contributed by atoms with Crippen LogP contribution in [0.5, 0.6) is 0 Å². The lowest BCUT2D eigenvalue weighted by atomic mass is 10.1. The smallest absolute Gasteiger partial charge is 0.227 e. The van der Waals surface area contributed by atoms with E-state index in [0.717, 1.165) is 25.2 Å². The summed E-state index contributed by atoms with van der Waals surface area (Å²) in [5.41, 5.74) is 2.54. The summed E-state index contributed by atoms with van der Waals surface area (Å²) in [6.45, 7) is 3.71. The third kappa shape index (κ3) is 5.19. The monoisotopic (exact) mass is 427 g/mol. The van der Waals surface area contributed by atoms with Crippen LogP contribution in [0.3, 0.4) is 0 Å². The zero-order valence-electron chi connectivity index (χ0n) is 16.9. The van der Waals surface area contributed by atoms with E-state index in [2.05, 4.69) is 22.3 Å². The summed E-state index contributed by atoms with van der Waals surface area (Å²) >= 11 is 6.28. The van der Waals surface area contributed by atoms with Gasteiger partial charge in [-0.3, -0.25) is 14.5 Å². The number of nitrogens with one attached hydrogen (secondary N) is 1. The van der Waals surface area contributed by atoms with Crippen molar-refractivity contribution in [2.75, 3.05) is 36.5 Å². The molecule has 158 valence electrons. The first-order chi connectivity index (χ1) is 14.6. The van der Waals surface area contributed by atoms with E-state index in [1.807, 2.05) is 24.3 Å². The zero-order valence-corrected chi connectivity index (χ0v) is 17.6. The molecular weight excluding hydrogens is 402 g/mol. The molecule has 1 unspecified atom stereocenters. The van der Waals surface area contributed by atoms with Crippen LogP contribution in [-0.4, -0.2) is 49.1 Å². The number of ether oxygens (including phenoxy) is 1. The Morgan fingerprint density at radius 1 is 1.17 bits per heavy atom. The highest BCUT2D eigenvalue weighted by Crippen LogP contribution is 2.30. The molecule has 2 heterocycles. The average Bonchev–Trinajstić information content (AvgIpc) is 3.16. The normalized spacial score (nSPS) is 19.8. The number of carbonyl (C=O) groups is 2. The molecule has 2 aliphatic rings. The molecule has 0 aromatic heterocycles. The topological polar surface area (TPSA) is 61.9 Å². The van der Waals surface area contributed by atoms with Crippen LogP contribution in [0.1, 0.15) is 24.8 Å². The van der Waals surface area contributed by atoms with Crippen molar-refractivity contribution in [2.45, 2.75) is 31.9 Å². The van der Waals surface area contributed by atoms with Crippen molar-refractivity contribution in [3.63, 3.8) is 0 Å². The molecule has 6 nitrogen and oxygen atoms in total. The molecule has 0 aliphatic carbocycles. The van der Waals surface area contributed by atoms with Crippen LogP contribution in [0.25, 0.3) is 0 Å². The first-order valence-electron chi connectivity index (χ1n) is 10.4. The molecule has 2 aromatic carbocycles. The lowest BCUT2D eigenvalue weighted by molar-refractivity contribution is -0.121. The van der Waals surface area contributed by atoms with Crippen LogP contribution in [0.2, 0.25) is 5.02 Å². The number of hydrogen-bond acceptors (Lipinski definition) is 4. The van der Waals surface area contributed by atoms with Gasteiger partial charge in [-0.25, -0.2) is 0 Å². The Morgan fingerprint density at radius 2 is 2.00 bits per heavy atom. The molecule has 4 rings (SSSR count). The molecule has 2 saturated heterocycles. The molecule has 7 heteroatoms. The molecule has 0 bridgehead atoms. The van der Waals surface area contributed by atoms with Crippen molar-refractivity contribution in [1.82, 2.24) is 4.90 Å². The van der Waals surface area contributed by atoms with E-state index in [1.54, 1.807) is 17.0 Å². The minimum Gasteiger partial charge on any atom is -0.375 e. The first-order valence-corrected chi connectivity index (χ1v) is 10.7. The highest BCUT2D eigenvalue weighted by Gasteiger charge is 2.25. The summed E-state index contributed by atoms with van der Waals surface area (Å²) < 4.78 is 5.82. The van der Waals surface area contributed by atoms with E-state index >= 15 is 0 Å². The van der Waals surface area contributed by atoms with Crippen LogP contribution in [0.15, 0.2) is 48.5 Å². The Balaban J connectivity index is 1.34. The lowest BCUT2D eigenvalue weighted by Crippen LogP contribution is -2.43. The fraction of sp³-hybridized carbons (Fsp3) is 0.391. The molecule has 0 saturated carbocycles. The predicted molar refractivity (Wildman–Crippen MR) is 118 cm³/mol. The predicted octanol–water partition coefficient (Wildman–Crippen LogP) is 3.70. The van der Waals surface area contributed by atoms with Crippen LogP contribution in [0, 0.1) is 0 Å². The number of nitrogens with zero attached hydrogens (tertiary/aromatic N) is 2. The number of hydrogen-bond donors (Lipinski definition) is 1. The Hall–Kier alpha value is -2.41. The minimum absolute atomic E-state index is 0.101. The van der Waals surface area contributed by atoms with E-state index in [1.165, 1.54) is 5.56 Å². The van der Waals surface area contributed by atoms with E-state index < -0.39 is 0 Å². The summed E-state index contributed by atoms with van der Waals surface area (Å²) in [7, 11) is 0. The molecule has 2 aliphatic heterocycles. The van der Waals surface area contributed by atoms with Crippen molar-refractivity contribution in [2.24, 2.45) is 0 Å². The van der Waals surface area contributed by atoms with E-state index in [0.29, 0.717) is 36.8 Å². The molecule has 2 fully saturated rings. The van der Waals surface area contributed by atoms with Gasteiger partial charge in [-0.1, -0.05) is 41.9 Å². The SMILES string of the molecule is O=C(CC1CN(Cc2ccccc2)CCO1)Nc1cc(N2CCCC2=O)ccc1Cl. The molecule has 1 atom stereocenters. The van der Waals surface area contributed by atoms with Gasteiger partial charge in [0.2, 0.25) is 11.8 Å². The second-order valence-corrected chi connectivity index (χ2v) is 8.19. The number of amides is 2. The largest absolute Gasteiger partial charge is 0.375 e. The maximum absolute atomic E-state index is 12.6. The van der Waals surface area contributed by atoms with Crippen molar-refractivity contribution in [3.8, 4) is 0 Å². The number of carbonyl (C=O) groups excluding carboxylic acids is 2. The zero-order chi connectivity index (χ0) is 20.9. The van der Waals surface area contributed by atoms with Gasteiger partial charge in [0.25, 0.3) is 0 Å². The quantitative estimate of drug-likeness (QED) is 0.763. The maximum atomic E-state index is 12.6. The van der Waals surface area contributed by atoms with Gasteiger partial charge in [-0.2, -0.15) is 0 Å². The summed E-state index contributed by atoms with van der Waals surface area (Å²) in [4.78, 5) is 28.7. The van der Waals surface area contributed by atoms with Gasteiger partial charge >= 0.3 is 0 Å². The van der Waals surface area contributed by atoms with Crippen molar-refractivity contribution in [1.29, 1.82) is 0 Å². The fourth-order valence-corrected chi connectivity index (χ4v) is 4.16. The van der Waals surface area contributed by atoms with Crippen LogP contribution >= 0.6 is 11.6 Å². The third-order valence-corrected chi connectivity index (χ3v) is 5.82. The Kier molecular flexibility index (Phi) is 6.67. The lowest BCUT2D eigenvalue weighted by Gasteiger charge is -2.32. The summed E-state index contributed by atoms with van der Waals surface area (Å²) in [6, 6.07) is 15.6. The molecular formula is C23H26ClN3O3. The summed E-state index contributed by atoms with van der Waals surface area (Å²) in [6.07, 6.45) is 1.50. The van der Waals surface area contributed by atoms with Gasteiger partial charge in [-0.05, 0) is 30.2 Å². The van der Waals surface area contributed by atoms with E-state index in [4.69, 9.17) is 16.3 Å². The van der Waals surface area contributed by atoms with Gasteiger partial charge in [0.15, 0.2) is 0 Å². The number of anilines is 2. The van der Waals surface area contributed by atoms with Crippen LogP contribution in [-0.2, 0) is 20.9 Å². The maximum Gasteiger partial charge on any atom is 0.227 e. The molecule has 2 aromatic rings. The highest BCUT2D eigenvalue weighted by atomic mass is 35.5. The summed E-state index contributed by atoms with van der Waals surface area (Å²) in [5.74, 6) is -0.0444. The number of morpholine rings is 1. The number of benzene rings is 2. The second kappa shape index (κ2) is 9.60. The minimum atomic E-state index is -0.162. The molecule has 0 spiro atoms. The average molecular weight is 428 g/mol. The van der Waals surface area contributed by atoms with Crippen molar-refractivity contribution in [3.05, 3.63) is 59.1 Å². The number of halogens is 1. The third-order valence-electron chi connectivity index (χ3n) is 5.49. The first kappa shape index (κ1) is 20.8. The molecule has 1 N–H and O–H groups in total. The summed E-state index contributed by atoms with van der Waals surface area (Å²) in [5, 5.41) is 3.35. The Labute approximate surface area is 181 Å². The number of rotatable bonds is 6. The van der Waals surface area contributed by atoms with Crippen molar-refractivity contribution >= 4 is 34.8 Å². The Morgan fingerprint density at radius 3 is 2.77 bits per heavy atom. The Bertz CT molecular complexity index is 906. The second-order valence-electron chi connectivity index (χ2n) is 7.78. The van der Waals surface area contributed by atoms with Gasteiger partial charge in [0, 0.05) is 38.3 Å². The highest BCUT2D eigenvalue weighted by molar-refractivity contribution is 6.33. The standard InChI is InChI=1S/C23H26ClN3O3/c24-20-9-8-18(27-10-4-7-23(27)29)13-21(20)25-22(28)14-19-16-26(11-12-30-19)15-17-5-2-1-3-6-17/h1-3,5-6,8-9,13,19H,4,7,10-12,14-16H2,(H,25,28). The van der Waals surface area contributed by atoms with E-state index in [9.17, 15) is 9.59 Å². The van der Waals surface area contributed by atoms with Crippen molar-refractivity contribution < 1.29 is 14.3 Å². The van der Waals surface area contributed by atoms with Gasteiger partial charge in [0.05, 0.1) is 29.8 Å². The van der Waals surface area contributed by atoms with Crippen LogP contribution in [0.4, 0.5) is 11.4 Å². The van der Waals surface area contributed by atoms with E-state index in [-0.39, 0.29) is 24.3 Å². The molecule has 0 radical (unpaired) electrons. The molecule has 30 heavy (non-hydrogen) atoms. The van der Waals surface area contributed by atoms with Gasteiger partial charge in [-0.15, -0.1) is 0 Å². The van der Waals surface area contributed by atoms with Gasteiger partial charge in [0.1, 0.15) is 0 Å². The van der Waals surface area contributed by atoms with Crippen LogP contribution < -0.4 is 10.2 Å². The molecule has 2 amide bonds.